The summed E-state index contributed by atoms with van der Waals surface area (Å²) in [4.78, 5) is 41.1. The molecule has 0 bridgehead atoms. The molecule has 0 spiro atoms. The molecule has 3 rings (SSSR count). The van der Waals surface area contributed by atoms with Crippen LogP contribution < -0.4 is 10.9 Å². The van der Waals surface area contributed by atoms with Crippen LogP contribution in [0.2, 0.25) is 0 Å². The second-order valence-corrected chi connectivity index (χ2v) is 6.63. The Labute approximate surface area is 183 Å². The van der Waals surface area contributed by atoms with Gasteiger partial charge in [0.1, 0.15) is 11.4 Å². The lowest BCUT2D eigenvalue weighted by molar-refractivity contribution is -0.393. The van der Waals surface area contributed by atoms with E-state index in [0.717, 1.165) is 36.4 Å². The first-order chi connectivity index (χ1) is 15.7. The van der Waals surface area contributed by atoms with Crippen LogP contribution in [0.25, 0.3) is 0 Å². The monoisotopic (exact) mass is 458 g/mol. The number of nitrogens with one attached hydrogen (secondary N) is 2. The molecule has 0 saturated heterocycles. The van der Waals surface area contributed by atoms with Gasteiger partial charge in [-0.25, -0.2) is 0 Å². The van der Waals surface area contributed by atoms with Gasteiger partial charge in [-0.1, -0.05) is 0 Å². The number of anilines is 2. The summed E-state index contributed by atoms with van der Waals surface area (Å²) in [6.07, 6.45) is 1.55. The van der Waals surface area contributed by atoms with E-state index in [4.69, 9.17) is 0 Å². The molecule has 0 amide bonds. The van der Waals surface area contributed by atoms with Gasteiger partial charge in [0.15, 0.2) is 0 Å². The van der Waals surface area contributed by atoms with Gasteiger partial charge in [0.05, 0.1) is 43.2 Å². The zero-order valence-corrected chi connectivity index (χ0v) is 16.5. The topological polar surface area (TPSA) is 221 Å². The molecular formula is C17H14N8O8. The summed E-state index contributed by atoms with van der Waals surface area (Å²) in [5.41, 5.74) is 3.76. The third-order valence-electron chi connectivity index (χ3n) is 4.56. The van der Waals surface area contributed by atoms with Crippen LogP contribution >= 0.6 is 0 Å². The third-order valence-corrected chi connectivity index (χ3v) is 4.56. The SMILES string of the molecule is O=[N+]([O-])c1ccc(NN=C2CCCC2=NNc2ccc([N+](=O)[O-])cc2[N+](=O)[O-])c([N+](=O)[O-])c1. The minimum Gasteiger partial charge on any atom is -0.271 e. The van der Waals surface area contributed by atoms with Gasteiger partial charge in [-0.3, -0.25) is 51.3 Å². The van der Waals surface area contributed by atoms with E-state index in [1.54, 1.807) is 0 Å². The van der Waals surface area contributed by atoms with Crippen molar-refractivity contribution in [3.05, 3.63) is 76.9 Å². The second-order valence-electron chi connectivity index (χ2n) is 6.63. The molecule has 2 aromatic rings. The lowest BCUT2D eigenvalue weighted by Gasteiger charge is -2.06. The quantitative estimate of drug-likeness (QED) is 0.430. The molecule has 0 radical (unpaired) electrons. The highest BCUT2D eigenvalue weighted by atomic mass is 16.6. The van der Waals surface area contributed by atoms with Crippen molar-refractivity contribution in [1.29, 1.82) is 0 Å². The number of hydrazone groups is 2. The molecule has 170 valence electrons. The molecule has 2 N–H and O–H groups in total. The van der Waals surface area contributed by atoms with Gasteiger partial charge in [0, 0.05) is 12.1 Å². The average molecular weight is 458 g/mol. The third kappa shape index (κ3) is 5.19. The Morgan fingerprint density at radius 3 is 1.36 bits per heavy atom. The van der Waals surface area contributed by atoms with E-state index in [1.807, 2.05) is 0 Å². The van der Waals surface area contributed by atoms with Crippen LogP contribution in [0.5, 0.6) is 0 Å². The van der Waals surface area contributed by atoms with E-state index in [0.29, 0.717) is 30.7 Å². The van der Waals surface area contributed by atoms with Crippen LogP contribution in [-0.4, -0.2) is 31.1 Å². The van der Waals surface area contributed by atoms with Crippen LogP contribution in [0.3, 0.4) is 0 Å². The fourth-order valence-corrected chi connectivity index (χ4v) is 2.97. The maximum atomic E-state index is 11.2. The minimum absolute atomic E-state index is 0.0664. The lowest BCUT2D eigenvalue weighted by atomic mass is 10.2. The number of hydrogen-bond acceptors (Lipinski definition) is 12. The summed E-state index contributed by atoms with van der Waals surface area (Å²) in [6, 6.07) is 6.11. The van der Waals surface area contributed by atoms with Gasteiger partial charge in [-0.15, -0.1) is 0 Å². The average Bonchev–Trinajstić information content (AvgIpc) is 3.23. The molecule has 16 nitrogen and oxygen atoms in total. The Balaban J connectivity index is 1.83. The summed E-state index contributed by atoms with van der Waals surface area (Å²) in [6.45, 7) is 0. The van der Waals surface area contributed by atoms with Gasteiger partial charge >= 0.3 is 11.4 Å². The largest absolute Gasteiger partial charge is 0.301 e. The Hall–Kier alpha value is -5.02. The molecule has 1 saturated carbocycles. The zero-order valence-electron chi connectivity index (χ0n) is 16.5. The molecule has 0 aromatic heterocycles. The fraction of sp³-hybridized carbons (Fsp3) is 0.176. The summed E-state index contributed by atoms with van der Waals surface area (Å²) in [7, 11) is 0. The van der Waals surface area contributed by atoms with Gasteiger partial charge in [0.25, 0.3) is 11.4 Å². The predicted octanol–water partition coefficient (Wildman–Crippen LogP) is 3.74. The summed E-state index contributed by atoms with van der Waals surface area (Å²) < 4.78 is 0. The number of nitro benzene ring substituents is 4. The number of benzene rings is 2. The first-order valence-corrected chi connectivity index (χ1v) is 9.18. The molecule has 1 aliphatic rings. The van der Waals surface area contributed by atoms with Crippen molar-refractivity contribution in [3.63, 3.8) is 0 Å². The van der Waals surface area contributed by atoms with Crippen LogP contribution in [0.1, 0.15) is 19.3 Å². The number of nitrogens with zero attached hydrogens (tertiary/aromatic N) is 6. The highest BCUT2D eigenvalue weighted by molar-refractivity contribution is 6.44. The molecule has 0 unspecified atom stereocenters. The van der Waals surface area contributed by atoms with Crippen molar-refractivity contribution in [2.45, 2.75) is 19.3 Å². The minimum atomic E-state index is -0.783. The molecular weight excluding hydrogens is 444 g/mol. The Kier molecular flexibility index (Phi) is 6.46. The maximum Gasteiger partial charge on any atom is 0.301 e. The normalized spacial score (nSPS) is 15.4. The van der Waals surface area contributed by atoms with E-state index in [1.165, 1.54) is 0 Å². The molecule has 16 heteroatoms. The highest BCUT2D eigenvalue weighted by Gasteiger charge is 2.23. The van der Waals surface area contributed by atoms with Crippen molar-refractivity contribution >= 4 is 45.5 Å². The standard InChI is InChI=1S/C17H14N8O8/c26-22(27)10-4-6-14(16(8-10)24(30)31)20-18-12-2-1-3-13(12)19-21-15-7-5-11(23(28)29)9-17(15)25(32)33/h4-9,20-21H,1-3H2. The highest BCUT2D eigenvalue weighted by Crippen LogP contribution is 2.30. The zero-order chi connectivity index (χ0) is 24.1. The van der Waals surface area contributed by atoms with Gasteiger partial charge in [0.2, 0.25) is 0 Å². The molecule has 0 heterocycles. The Bertz CT molecular complexity index is 1130. The van der Waals surface area contributed by atoms with Crippen LogP contribution in [0.15, 0.2) is 46.6 Å². The maximum absolute atomic E-state index is 11.2. The first kappa shape index (κ1) is 22.7. The first-order valence-electron chi connectivity index (χ1n) is 9.18. The van der Waals surface area contributed by atoms with Gasteiger partial charge in [-0.2, -0.15) is 10.2 Å². The van der Waals surface area contributed by atoms with Crippen molar-refractivity contribution < 1.29 is 19.7 Å². The van der Waals surface area contributed by atoms with Crippen molar-refractivity contribution in [3.8, 4) is 0 Å². The van der Waals surface area contributed by atoms with E-state index in [-0.39, 0.29) is 11.4 Å². The number of nitro groups is 4. The summed E-state index contributed by atoms with van der Waals surface area (Å²) in [5.74, 6) is 0. The fourth-order valence-electron chi connectivity index (χ4n) is 2.97. The van der Waals surface area contributed by atoms with E-state index >= 15 is 0 Å². The smallest absolute Gasteiger partial charge is 0.271 e. The van der Waals surface area contributed by atoms with Crippen molar-refractivity contribution in [2.24, 2.45) is 10.2 Å². The van der Waals surface area contributed by atoms with Crippen molar-refractivity contribution in [1.82, 2.24) is 0 Å². The molecule has 0 aliphatic heterocycles. The lowest BCUT2D eigenvalue weighted by Crippen LogP contribution is -2.11. The Morgan fingerprint density at radius 1 is 0.636 bits per heavy atom. The number of non-ortho nitro benzene ring substituents is 2. The van der Waals surface area contributed by atoms with E-state index < -0.39 is 42.4 Å². The molecule has 1 fully saturated rings. The summed E-state index contributed by atoms with van der Waals surface area (Å²) >= 11 is 0. The number of rotatable bonds is 8. The predicted molar refractivity (Wildman–Crippen MR) is 115 cm³/mol. The van der Waals surface area contributed by atoms with E-state index in [9.17, 15) is 40.5 Å². The number of hydrogen-bond donors (Lipinski definition) is 2. The molecule has 0 atom stereocenters. The van der Waals surface area contributed by atoms with Gasteiger partial charge < -0.3 is 0 Å². The molecule has 1 aliphatic carbocycles. The Morgan fingerprint density at radius 2 is 1.03 bits per heavy atom. The van der Waals surface area contributed by atoms with Crippen LogP contribution in [0, 0.1) is 40.5 Å². The second kappa shape index (κ2) is 9.41. The summed E-state index contributed by atoms with van der Waals surface area (Å²) in [5, 5.41) is 52.3. The van der Waals surface area contributed by atoms with Crippen LogP contribution in [0.4, 0.5) is 34.1 Å². The van der Waals surface area contributed by atoms with E-state index in [2.05, 4.69) is 21.1 Å². The molecule has 2 aromatic carbocycles. The van der Waals surface area contributed by atoms with Gasteiger partial charge in [-0.05, 0) is 31.4 Å². The molecule has 33 heavy (non-hydrogen) atoms. The van der Waals surface area contributed by atoms with Crippen LogP contribution in [-0.2, 0) is 0 Å². The van der Waals surface area contributed by atoms with Crippen molar-refractivity contribution in [2.75, 3.05) is 10.9 Å².